The summed E-state index contributed by atoms with van der Waals surface area (Å²) < 4.78 is 5.98. The van der Waals surface area contributed by atoms with E-state index in [9.17, 15) is 9.59 Å². The summed E-state index contributed by atoms with van der Waals surface area (Å²) in [5.74, 6) is -1.80. The average molecular weight is 242 g/mol. The molecule has 0 aromatic carbocycles. The maximum absolute atomic E-state index is 11.4. The van der Waals surface area contributed by atoms with Crippen LogP contribution >= 0.6 is 0 Å². The van der Waals surface area contributed by atoms with Crippen LogP contribution in [0, 0.1) is 0 Å². The van der Waals surface area contributed by atoms with Crippen LogP contribution in [-0.4, -0.2) is 37.9 Å². The van der Waals surface area contributed by atoms with Gasteiger partial charge in [-0.15, -0.1) is 5.10 Å². The summed E-state index contributed by atoms with van der Waals surface area (Å²) in [6.45, 7) is 1.60. The molecule has 1 aromatic rings. The first kappa shape index (κ1) is 12.9. The highest BCUT2D eigenvalue weighted by Gasteiger charge is 2.21. The molecule has 0 saturated heterocycles. The first-order chi connectivity index (χ1) is 8.02. The molecule has 0 spiro atoms. The third-order valence-corrected chi connectivity index (χ3v) is 1.95. The van der Waals surface area contributed by atoms with Crippen LogP contribution in [0.2, 0.25) is 0 Å². The van der Waals surface area contributed by atoms with Crippen LogP contribution in [0.1, 0.15) is 19.8 Å². The smallest absolute Gasteiger partial charge is 0.345 e. The molecule has 1 rings (SSSR count). The van der Waals surface area contributed by atoms with Crippen molar-refractivity contribution in [3.05, 3.63) is 6.33 Å². The predicted molar refractivity (Wildman–Crippen MR) is 56.9 cm³/mol. The quantitative estimate of drug-likeness (QED) is 0.654. The van der Waals surface area contributed by atoms with Crippen molar-refractivity contribution in [1.82, 2.24) is 14.8 Å². The lowest BCUT2D eigenvalue weighted by Gasteiger charge is -2.12. The highest BCUT2D eigenvalue weighted by molar-refractivity contribution is 5.77. The number of hydrogen-bond acceptors (Lipinski definition) is 6. The number of aromatic nitrogens is 3. The Balaban J connectivity index is 2.50. The van der Waals surface area contributed by atoms with Crippen LogP contribution in [0.5, 0.6) is 0 Å². The van der Waals surface area contributed by atoms with Crippen LogP contribution in [0.3, 0.4) is 0 Å². The Labute approximate surface area is 97.4 Å². The molecule has 8 heteroatoms. The molecule has 8 nitrogen and oxygen atoms in total. The molecule has 1 atom stereocenters. The van der Waals surface area contributed by atoms with E-state index in [0.29, 0.717) is 6.42 Å². The van der Waals surface area contributed by atoms with E-state index in [0.717, 1.165) is 0 Å². The van der Waals surface area contributed by atoms with Gasteiger partial charge in [0.1, 0.15) is 12.9 Å². The van der Waals surface area contributed by atoms with E-state index in [1.807, 2.05) is 6.92 Å². The van der Waals surface area contributed by atoms with Crippen molar-refractivity contribution in [3.8, 4) is 0 Å². The van der Waals surface area contributed by atoms with Gasteiger partial charge < -0.3 is 15.6 Å². The molecule has 1 heterocycles. The van der Waals surface area contributed by atoms with E-state index >= 15 is 0 Å². The number of ether oxygens (including phenoxy) is 1. The number of carbonyl (C=O) groups is 2. The van der Waals surface area contributed by atoms with Gasteiger partial charge in [0.05, 0.1) is 0 Å². The summed E-state index contributed by atoms with van der Waals surface area (Å²) in [7, 11) is 0. The van der Waals surface area contributed by atoms with Gasteiger partial charge in [0.2, 0.25) is 5.95 Å². The molecule has 3 N–H and O–H groups in total. The summed E-state index contributed by atoms with van der Waals surface area (Å²) >= 11 is 0. The van der Waals surface area contributed by atoms with Crippen molar-refractivity contribution in [1.29, 1.82) is 0 Å². The van der Waals surface area contributed by atoms with Gasteiger partial charge in [-0.1, -0.05) is 13.3 Å². The van der Waals surface area contributed by atoms with Crippen molar-refractivity contribution in [3.63, 3.8) is 0 Å². The molecule has 17 heavy (non-hydrogen) atoms. The number of nitrogen functional groups attached to an aromatic ring is 1. The molecule has 0 fully saturated rings. The summed E-state index contributed by atoms with van der Waals surface area (Å²) in [5.41, 5.74) is 5.26. The summed E-state index contributed by atoms with van der Waals surface area (Å²) in [6.07, 6.45) is 1.04. The topological polar surface area (TPSA) is 120 Å². The van der Waals surface area contributed by atoms with Gasteiger partial charge in [-0.25, -0.2) is 14.5 Å². The Morgan fingerprint density at radius 2 is 2.35 bits per heavy atom. The zero-order valence-electron chi connectivity index (χ0n) is 9.37. The van der Waals surface area contributed by atoms with Gasteiger partial charge in [0, 0.05) is 0 Å². The number of carbonyl (C=O) groups excluding carboxylic acids is 1. The minimum Gasteiger partial charge on any atom is -0.479 e. The second kappa shape index (κ2) is 5.83. The van der Waals surface area contributed by atoms with Crippen LogP contribution in [0.25, 0.3) is 0 Å². The fourth-order valence-electron chi connectivity index (χ4n) is 1.21. The van der Waals surface area contributed by atoms with Gasteiger partial charge in [-0.2, -0.15) is 0 Å². The number of aliphatic carboxylic acids is 1. The SMILES string of the molecule is CCCC(OC(=O)Cn1cnc(N)n1)C(=O)O. The highest BCUT2D eigenvalue weighted by Crippen LogP contribution is 2.03. The second-order valence-corrected chi connectivity index (χ2v) is 3.41. The number of hydrogen-bond donors (Lipinski definition) is 2. The van der Waals surface area contributed by atoms with Gasteiger partial charge in [-0.3, -0.25) is 4.79 Å². The number of nitrogens with two attached hydrogens (primary N) is 1. The summed E-state index contributed by atoms with van der Waals surface area (Å²) in [5, 5.41) is 12.5. The van der Waals surface area contributed by atoms with E-state index in [4.69, 9.17) is 15.6 Å². The molecule has 0 radical (unpaired) electrons. The van der Waals surface area contributed by atoms with E-state index in [2.05, 4.69) is 10.1 Å². The number of rotatable bonds is 6. The maximum Gasteiger partial charge on any atom is 0.345 e. The van der Waals surface area contributed by atoms with Crippen LogP contribution < -0.4 is 5.73 Å². The van der Waals surface area contributed by atoms with E-state index in [1.165, 1.54) is 11.0 Å². The molecule has 94 valence electrons. The van der Waals surface area contributed by atoms with Crippen molar-refractivity contribution < 1.29 is 19.4 Å². The van der Waals surface area contributed by atoms with Crippen molar-refractivity contribution in [2.24, 2.45) is 0 Å². The number of carboxylic acids is 1. The first-order valence-electron chi connectivity index (χ1n) is 5.10. The Kier molecular flexibility index (Phi) is 4.44. The fraction of sp³-hybridized carbons (Fsp3) is 0.556. The lowest BCUT2D eigenvalue weighted by atomic mass is 10.2. The monoisotopic (exact) mass is 242 g/mol. The van der Waals surface area contributed by atoms with Crippen LogP contribution in [0.15, 0.2) is 6.33 Å². The predicted octanol–water partition coefficient (Wildman–Crippen LogP) is -0.343. The number of esters is 1. The number of anilines is 1. The molecule has 0 bridgehead atoms. The standard InChI is InChI=1S/C9H14N4O4/c1-2-3-6(8(15)16)17-7(14)4-13-5-11-9(10)12-13/h5-6H,2-4H2,1H3,(H2,10,12)(H,15,16). The molecular formula is C9H14N4O4. The third-order valence-electron chi connectivity index (χ3n) is 1.95. The van der Waals surface area contributed by atoms with Crippen LogP contribution in [0.4, 0.5) is 5.95 Å². The Morgan fingerprint density at radius 1 is 1.65 bits per heavy atom. The Morgan fingerprint density at radius 3 is 2.82 bits per heavy atom. The minimum absolute atomic E-state index is 0.0427. The highest BCUT2D eigenvalue weighted by atomic mass is 16.6. The fourth-order valence-corrected chi connectivity index (χ4v) is 1.21. The molecule has 0 aliphatic heterocycles. The Hall–Kier alpha value is -2.12. The summed E-state index contributed by atoms with van der Waals surface area (Å²) in [4.78, 5) is 25.8. The molecule has 0 amide bonds. The van der Waals surface area contributed by atoms with Gasteiger partial charge in [0.15, 0.2) is 6.10 Å². The first-order valence-corrected chi connectivity index (χ1v) is 5.10. The minimum atomic E-state index is -1.15. The van der Waals surface area contributed by atoms with E-state index in [1.54, 1.807) is 0 Å². The average Bonchev–Trinajstić information content (AvgIpc) is 2.63. The molecule has 0 saturated carbocycles. The lowest BCUT2D eigenvalue weighted by molar-refractivity contribution is -0.165. The third kappa shape index (κ3) is 4.09. The van der Waals surface area contributed by atoms with Gasteiger partial charge in [0.25, 0.3) is 0 Å². The van der Waals surface area contributed by atoms with Crippen molar-refractivity contribution in [2.75, 3.05) is 5.73 Å². The molecular weight excluding hydrogens is 228 g/mol. The largest absolute Gasteiger partial charge is 0.479 e. The molecule has 0 aliphatic rings. The van der Waals surface area contributed by atoms with Gasteiger partial charge in [-0.05, 0) is 6.42 Å². The zero-order chi connectivity index (χ0) is 12.8. The van der Waals surface area contributed by atoms with E-state index in [-0.39, 0.29) is 18.9 Å². The lowest BCUT2D eigenvalue weighted by Crippen LogP contribution is -2.28. The van der Waals surface area contributed by atoms with E-state index < -0.39 is 18.0 Å². The summed E-state index contributed by atoms with van der Waals surface area (Å²) in [6, 6.07) is 0. The van der Waals surface area contributed by atoms with Crippen LogP contribution in [-0.2, 0) is 20.9 Å². The second-order valence-electron chi connectivity index (χ2n) is 3.41. The molecule has 1 aromatic heterocycles. The van der Waals surface area contributed by atoms with Crippen molar-refractivity contribution in [2.45, 2.75) is 32.4 Å². The zero-order valence-corrected chi connectivity index (χ0v) is 9.37. The maximum atomic E-state index is 11.4. The van der Waals surface area contributed by atoms with Gasteiger partial charge >= 0.3 is 11.9 Å². The van der Waals surface area contributed by atoms with Crippen molar-refractivity contribution >= 4 is 17.9 Å². The number of carboxylic acid groups (broad SMARTS) is 1. The molecule has 0 aliphatic carbocycles. The normalized spacial score (nSPS) is 12.1. The Bertz CT molecular complexity index is 403. The molecule has 1 unspecified atom stereocenters. The number of nitrogens with zero attached hydrogens (tertiary/aromatic N) is 3.